The van der Waals surface area contributed by atoms with Crippen molar-refractivity contribution in [1.82, 2.24) is 0 Å². The molecule has 1 fully saturated rings. The number of rotatable bonds is 2. The van der Waals surface area contributed by atoms with Gasteiger partial charge in [0.15, 0.2) is 6.29 Å². The van der Waals surface area contributed by atoms with Crippen molar-refractivity contribution in [2.24, 2.45) is 0 Å². The van der Waals surface area contributed by atoms with Crippen LogP contribution in [-0.2, 0) is 9.47 Å². The van der Waals surface area contributed by atoms with Gasteiger partial charge in [0.25, 0.3) is 0 Å². The first kappa shape index (κ1) is 9.71. The van der Waals surface area contributed by atoms with Crippen LogP contribution >= 0.6 is 11.6 Å². The van der Waals surface area contributed by atoms with E-state index in [0.717, 1.165) is 11.1 Å². The molecule has 1 aromatic carbocycles. The molecule has 0 N–H and O–H groups in total. The molecule has 1 heterocycles. The Morgan fingerprint density at radius 2 is 2.07 bits per heavy atom. The highest BCUT2D eigenvalue weighted by Gasteiger charge is 2.18. The van der Waals surface area contributed by atoms with Crippen LogP contribution in [-0.4, -0.2) is 13.2 Å². The zero-order chi connectivity index (χ0) is 9.97. The third-order valence-electron chi connectivity index (χ3n) is 2.13. The normalized spacial score (nSPS) is 17.2. The zero-order valence-electron chi connectivity index (χ0n) is 7.70. The van der Waals surface area contributed by atoms with Crippen LogP contribution in [0.4, 0.5) is 0 Å². The van der Waals surface area contributed by atoms with E-state index < -0.39 is 0 Å². The van der Waals surface area contributed by atoms with E-state index in [1.807, 2.05) is 18.2 Å². The summed E-state index contributed by atoms with van der Waals surface area (Å²) in [6.07, 6.45) is 1.48. The van der Waals surface area contributed by atoms with Crippen molar-refractivity contribution < 1.29 is 9.47 Å². The number of hydrogen-bond donors (Lipinski definition) is 0. The maximum atomic E-state index is 5.95. The van der Waals surface area contributed by atoms with Crippen LogP contribution < -0.4 is 0 Å². The molecular formula is C11H11ClO2. The molecule has 2 rings (SSSR count). The fraction of sp³-hybridized carbons (Fsp3) is 0.273. The molecule has 1 saturated heterocycles. The molecule has 0 saturated carbocycles. The molecule has 3 heteroatoms. The van der Waals surface area contributed by atoms with Crippen LogP contribution in [0.25, 0.3) is 6.08 Å². The summed E-state index contributed by atoms with van der Waals surface area (Å²) < 4.78 is 10.8. The smallest absolute Gasteiger partial charge is 0.184 e. The zero-order valence-corrected chi connectivity index (χ0v) is 8.46. The minimum atomic E-state index is -0.244. The first-order valence-electron chi connectivity index (χ1n) is 4.46. The van der Waals surface area contributed by atoms with E-state index in [4.69, 9.17) is 21.1 Å². The fourth-order valence-electron chi connectivity index (χ4n) is 1.42. The summed E-state index contributed by atoms with van der Waals surface area (Å²) >= 11 is 5.95. The summed E-state index contributed by atoms with van der Waals surface area (Å²) in [4.78, 5) is 0. The molecule has 1 aromatic rings. The van der Waals surface area contributed by atoms with E-state index >= 15 is 0 Å². The highest BCUT2D eigenvalue weighted by molar-refractivity contribution is 6.32. The van der Waals surface area contributed by atoms with Gasteiger partial charge in [-0.2, -0.15) is 0 Å². The van der Waals surface area contributed by atoms with Gasteiger partial charge in [0.05, 0.1) is 13.2 Å². The maximum absolute atomic E-state index is 5.95. The minimum absolute atomic E-state index is 0.244. The third-order valence-corrected chi connectivity index (χ3v) is 2.48. The Balaban J connectivity index is 2.30. The summed E-state index contributed by atoms with van der Waals surface area (Å²) in [6.45, 7) is 4.99. The van der Waals surface area contributed by atoms with Gasteiger partial charge >= 0.3 is 0 Å². The molecule has 0 radical (unpaired) electrons. The van der Waals surface area contributed by atoms with E-state index in [0.29, 0.717) is 18.2 Å². The Morgan fingerprint density at radius 3 is 2.71 bits per heavy atom. The molecule has 0 unspecified atom stereocenters. The Kier molecular flexibility index (Phi) is 2.87. The first-order chi connectivity index (χ1) is 6.81. The lowest BCUT2D eigenvalue weighted by molar-refractivity contribution is -0.0441. The van der Waals surface area contributed by atoms with Crippen molar-refractivity contribution in [3.63, 3.8) is 0 Å². The van der Waals surface area contributed by atoms with Gasteiger partial charge in [0.2, 0.25) is 0 Å². The molecule has 0 spiro atoms. The summed E-state index contributed by atoms with van der Waals surface area (Å²) in [5.74, 6) is 0. The number of halogens is 1. The Morgan fingerprint density at radius 1 is 1.36 bits per heavy atom. The largest absolute Gasteiger partial charge is 0.346 e. The number of hydrogen-bond acceptors (Lipinski definition) is 2. The second-order valence-electron chi connectivity index (χ2n) is 3.06. The van der Waals surface area contributed by atoms with Crippen LogP contribution in [0.1, 0.15) is 17.4 Å². The lowest BCUT2D eigenvalue weighted by atomic mass is 10.1. The molecule has 0 atom stereocenters. The summed E-state index contributed by atoms with van der Waals surface area (Å²) in [6, 6.07) is 5.68. The van der Waals surface area contributed by atoms with Gasteiger partial charge in [-0.05, 0) is 17.7 Å². The monoisotopic (exact) mass is 210 g/mol. The molecule has 0 amide bonds. The third kappa shape index (κ3) is 1.82. The van der Waals surface area contributed by atoms with Crippen molar-refractivity contribution in [3.05, 3.63) is 40.9 Å². The van der Waals surface area contributed by atoms with Crippen molar-refractivity contribution in [3.8, 4) is 0 Å². The summed E-state index contributed by atoms with van der Waals surface area (Å²) in [5, 5.41) is 0.696. The fourth-order valence-corrected chi connectivity index (χ4v) is 1.61. The molecule has 0 bridgehead atoms. The lowest BCUT2D eigenvalue weighted by Crippen LogP contribution is -1.98. The van der Waals surface area contributed by atoms with Gasteiger partial charge in [-0.25, -0.2) is 0 Å². The number of ether oxygens (including phenoxy) is 2. The van der Waals surface area contributed by atoms with Crippen LogP contribution in [0, 0.1) is 0 Å². The summed E-state index contributed by atoms with van der Waals surface area (Å²) in [5.41, 5.74) is 1.89. The van der Waals surface area contributed by atoms with E-state index in [1.54, 1.807) is 6.08 Å². The molecule has 1 aliphatic heterocycles. The number of benzene rings is 1. The predicted molar refractivity (Wildman–Crippen MR) is 56.2 cm³/mol. The van der Waals surface area contributed by atoms with Crippen LogP contribution in [0.5, 0.6) is 0 Å². The van der Waals surface area contributed by atoms with E-state index in [1.165, 1.54) is 0 Å². The van der Waals surface area contributed by atoms with Gasteiger partial charge in [0.1, 0.15) is 0 Å². The van der Waals surface area contributed by atoms with E-state index in [9.17, 15) is 0 Å². The van der Waals surface area contributed by atoms with Crippen molar-refractivity contribution in [2.45, 2.75) is 6.29 Å². The molecule has 14 heavy (non-hydrogen) atoms. The van der Waals surface area contributed by atoms with Gasteiger partial charge in [-0.3, -0.25) is 0 Å². The molecule has 2 nitrogen and oxygen atoms in total. The molecule has 74 valence electrons. The minimum Gasteiger partial charge on any atom is -0.346 e. The second kappa shape index (κ2) is 4.13. The first-order valence-corrected chi connectivity index (χ1v) is 4.84. The Labute approximate surface area is 88.1 Å². The lowest BCUT2D eigenvalue weighted by Gasteiger charge is -2.10. The topological polar surface area (TPSA) is 18.5 Å². The molecule has 0 aromatic heterocycles. The van der Waals surface area contributed by atoms with Crippen molar-refractivity contribution >= 4 is 17.7 Å². The average molecular weight is 211 g/mol. The second-order valence-corrected chi connectivity index (χ2v) is 3.47. The van der Waals surface area contributed by atoms with Gasteiger partial charge in [-0.1, -0.05) is 30.3 Å². The maximum Gasteiger partial charge on any atom is 0.184 e. The standard InChI is InChI=1S/C11H11ClO2/c1-2-8-7-9(3-4-10(8)12)11-13-5-6-14-11/h2-4,7,11H,1,5-6H2. The Hall–Kier alpha value is -0.830. The molecular weight excluding hydrogens is 200 g/mol. The van der Waals surface area contributed by atoms with Crippen LogP contribution in [0.3, 0.4) is 0 Å². The Bertz CT molecular complexity index is 343. The van der Waals surface area contributed by atoms with Crippen molar-refractivity contribution in [1.29, 1.82) is 0 Å². The average Bonchev–Trinajstić information content (AvgIpc) is 2.71. The van der Waals surface area contributed by atoms with Gasteiger partial charge in [0, 0.05) is 10.6 Å². The SMILES string of the molecule is C=Cc1cc(C2OCCO2)ccc1Cl. The highest BCUT2D eigenvalue weighted by Crippen LogP contribution is 2.27. The quantitative estimate of drug-likeness (QED) is 0.747. The van der Waals surface area contributed by atoms with Crippen LogP contribution in [0.15, 0.2) is 24.8 Å². The predicted octanol–water partition coefficient (Wildman–Crippen LogP) is 3.03. The molecule has 0 aliphatic carbocycles. The van der Waals surface area contributed by atoms with E-state index in [-0.39, 0.29) is 6.29 Å². The van der Waals surface area contributed by atoms with Gasteiger partial charge in [-0.15, -0.1) is 0 Å². The summed E-state index contributed by atoms with van der Waals surface area (Å²) in [7, 11) is 0. The van der Waals surface area contributed by atoms with Crippen LogP contribution in [0.2, 0.25) is 5.02 Å². The van der Waals surface area contributed by atoms with Gasteiger partial charge < -0.3 is 9.47 Å². The highest BCUT2D eigenvalue weighted by atomic mass is 35.5. The molecule has 1 aliphatic rings. The van der Waals surface area contributed by atoms with Crippen molar-refractivity contribution in [2.75, 3.05) is 13.2 Å². The van der Waals surface area contributed by atoms with E-state index in [2.05, 4.69) is 6.58 Å².